The van der Waals surface area contributed by atoms with Gasteiger partial charge in [-0.15, -0.1) is 0 Å². The highest BCUT2D eigenvalue weighted by Gasteiger charge is 2.48. The maximum atomic E-state index is 13.2. The Hall–Kier alpha value is -2.37. The van der Waals surface area contributed by atoms with Crippen molar-refractivity contribution in [1.82, 2.24) is 10.2 Å². The van der Waals surface area contributed by atoms with Gasteiger partial charge in [-0.3, -0.25) is 14.6 Å². The van der Waals surface area contributed by atoms with Crippen LogP contribution in [-0.4, -0.2) is 47.3 Å². The number of carbonyl (C=O) groups is 2. The van der Waals surface area contributed by atoms with Crippen molar-refractivity contribution in [2.45, 2.75) is 64.1 Å². The van der Waals surface area contributed by atoms with E-state index in [0.29, 0.717) is 5.71 Å². The van der Waals surface area contributed by atoms with Gasteiger partial charge in [-0.05, 0) is 70.7 Å². The smallest absolute Gasteiger partial charge is 0.275 e. The molecule has 0 radical (unpaired) electrons. The zero-order chi connectivity index (χ0) is 19.7. The van der Waals surface area contributed by atoms with Crippen LogP contribution in [0.3, 0.4) is 0 Å². The zero-order valence-electron chi connectivity index (χ0n) is 16.7. The zero-order valence-corrected chi connectivity index (χ0v) is 16.7. The van der Waals surface area contributed by atoms with Gasteiger partial charge in [0.15, 0.2) is 0 Å². The Bertz CT molecular complexity index is 741. The van der Waals surface area contributed by atoms with Crippen molar-refractivity contribution in [3.05, 3.63) is 29.8 Å². The van der Waals surface area contributed by atoms with E-state index >= 15 is 0 Å². The maximum absolute atomic E-state index is 13.2. The van der Waals surface area contributed by atoms with Crippen molar-refractivity contribution in [3.63, 3.8) is 0 Å². The highest BCUT2D eigenvalue weighted by molar-refractivity contribution is 6.47. The van der Waals surface area contributed by atoms with Crippen LogP contribution in [-0.2, 0) is 9.59 Å². The first-order chi connectivity index (χ1) is 12.7. The van der Waals surface area contributed by atoms with Gasteiger partial charge in [0, 0.05) is 11.1 Å². The molecule has 0 unspecified atom stereocenters. The summed E-state index contributed by atoms with van der Waals surface area (Å²) in [5.74, 6) is 0.427. The van der Waals surface area contributed by atoms with Crippen LogP contribution in [0.5, 0.6) is 5.75 Å². The fourth-order valence-corrected chi connectivity index (χ4v) is 3.89. The van der Waals surface area contributed by atoms with E-state index in [1.807, 2.05) is 45.0 Å². The van der Waals surface area contributed by atoms with Gasteiger partial charge in [0.25, 0.3) is 5.91 Å². The van der Waals surface area contributed by atoms with Crippen LogP contribution >= 0.6 is 0 Å². The second-order valence-electron chi connectivity index (χ2n) is 8.42. The quantitative estimate of drug-likeness (QED) is 0.885. The highest BCUT2D eigenvalue weighted by atomic mass is 16.5. The molecule has 0 aromatic heterocycles. The van der Waals surface area contributed by atoms with Crippen LogP contribution in [0.25, 0.3) is 0 Å². The molecule has 1 heterocycles. The molecule has 1 N–H and O–H groups in total. The number of ether oxygens (including phenoxy) is 1. The van der Waals surface area contributed by atoms with Gasteiger partial charge in [0.05, 0.1) is 7.11 Å². The number of aliphatic imine (C=N–C) groups is 1. The first-order valence-corrected chi connectivity index (χ1v) is 9.61. The molecule has 3 rings (SSSR count). The van der Waals surface area contributed by atoms with E-state index in [4.69, 9.17) is 9.73 Å². The lowest BCUT2D eigenvalue weighted by molar-refractivity contribution is -0.136. The Balaban J connectivity index is 1.89. The van der Waals surface area contributed by atoms with Crippen LogP contribution in [0, 0.1) is 0 Å². The molecule has 27 heavy (non-hydrogen) atoms. The third-order valence-electron chi connectivity index (χ3n) is 5.10. The predicted octanol–water partition coefficient (Wildman–Crippen LogP) is 2.90. The van der Waals surface area contributed by atoms with Gasteiger partial charge in [0.1, 0.15) is 23.7 Å². The molecule has 1 spiro atoms. The molecule has 1 aromatic rings. The number of amides is 2. The summed E-state index contributed by atoms with van der Waals surface area (Å²) in [4.78, 5) is 32.3. The Morgan fingerprint density at radius 1 is 1.19 bits per heavy atom. The number of nitrogens with one attached hydrogen (secondary N) is 1. The molecule has 0 saturated heterocycles. The SMILES string of the molecule is COc1ccc(C2=NC3(CCCCC3)N(CC(=O)NC(C)(C)C)C2=O)cc1. The maximum Gasteiger partial charge on any atom is 0.275 e. The van der Waals surface area contributed by atoms with Gasteiger partial charge in [-0.2, -0.15) is 0 Å². The lowest BCUT2D eigenvalue weighted by Crippen LogP contribution is -2.54. The van der Waals surface area contributed by atoms with E-state index in [0.717, 1.165) is 43.4 Å². The van der Waals surface area contributed by atoms with Crippen LogP contribution in [0.1, 0.15) is 58.4 Å². The average molecular weight is 371 g/mol. The molecule has 2 amide bonds. The van der Waals surface area contributed by atoms with Crippen molar-refractivity contribution in [2.24, 2.45) is 4.99 Å². The second-order valence-corrected chi connectivity index (χ2v) is 8.42. The summed E-state index contributed by atoms with van der Waals surface area (Å²) in [7, 11) is 1.61. The van der Waals surface area contributed by atoms with E-state index in [-0.39, 0.29) is 23.9 Å². The minimum absolute atomic E-state index is 0.0409. The topological polar surface area (TPSA) is 71.0 Å². The van der Waals surface area contributed by atoms with Crippen LogP contribution in [0.15, 0.2) is 29.3 Å². The summed E-state index contributed by atoms with van der Waals surface area (Å²) in [5, 5.41) is 2.96. The minimum Gasteiger partial charge on any atom is -0.497 e. The molecule has 0 atom stereocenters. The molecule has 1 aliphatic heterocycles. The molecule has 6 heteroatoms. The number of benzene rings is 1. The number of rotatable bonds is 4. The summed E-state index contributed by atoms with van der Waals surface area (Å²) in [6.45, 7) is 5.85. The normalized spacial score (nSPS) is 19.2. The van der Waals surface area contributed by atoms with Gasteiger partial charge < -0.3 is 15.0 Å². The van der Waals surface area contributed by atoms with Crippen molar-refractivity contribution in [3.8, 4) is 5.75 Å². The molecule has 6 nitrogen and oxygen atoms in total. The fourth-order valence-electron chi connectivity index (χ4n) is 3.89. The predicted molar refractivity (Wildman–Crippen MR) is 105 cm³/mol. The Labute approximate surface area is 161 Å². The lowest BCUT2D eigenvalue weighted by Gasteiger charge is -2.39. The third-order valence-corrected chi connectivity index (χ3v) is 5.10. The number of methoxy groups -OCH3 is 1. The van der Waals surface area contributed by atoms with Gasteiger partial charge >= 0.3 is 0 Å². The Morgan fingerprint density at radius 3 is 2.37 bits per heavy atom. The summed E-state index contributed by atoms with van der Waals surface area (Å²) < 4.78 is 5.20. The van der Waals surface area contributed by atoms with E-state index < -0.39 is 5.66 Å². The summed E-state index contributed by atoms with van der Waals surface area (Å²) in [6, 6.07) is 7.36. The monoisotopic (exact) mass is 371 g/mol. The van der Waals surface area contributed by atoms with Crippen molar-refractivity contribution >= 4 is 17.5 Å². The number of hydrogen-bond donors (Lipinski definition) is 1. The average Bonchev–Trinajstić information content (AvgIpc) is 2.87. The summed E-state index contributed by atoms with van der Waals surface area (Å²) >= 11 is 0. The standard InChI is InChI=1S/C21H29N3O3/c1-20(2,3)22-17(25)14-24-19(26)18(15-8-10-16(27-4)11-9-15)23-21(24)12-6-5-7-13-21/h8-11H,5-7,12-14H2,1-4H3,(H,22,25). The molecule has 146 valence electrons. The minimum atomic E-state index is -0.584. The highest BCUT2D eigenvalue weighted by Crippen LogP contribution is 2.39. The molecular formula is C21H29N3O3. The number of carbonyl (C=O) groups excluding carboxylic acids is 2. The van der Waals surface area contributed by atoms with Crippen molar-refractivity contribution in [2.75, 3.05) is 13.7 Å². The van der Waals surface area contributed by atoms with Gasteiger partial charge in [-0.1, -0.05) is 6.42 Å². The van der Waals surface area contributed by atoms with Crippen molar-refractivity contribution < 1.29 is 14.3 Å². The van der Waals surface area contributed by atoms with Gasteiger partial charge in [-0.25, -0.2) is 0 Å². The second kappa shape index (κ2) is 7.33. The molecular weight excluding hydrogens is 342 g/mol. The van der Waals surface area contributed by atoms with E-state index in [1.165, 1.54) is 0 Å². The molecule has 0 bridgehead atoms. The van der Waals surface area contributed by atoms with Crippen LogP contribution < -0.4 is 10.1 Å². The molecule has 1 aromatic carbocycles. The summed E-state index contributed by atoms with van der Waals surface area (Å²) in [6.07, 6.45) is 4.79. The molecule has 1 aliphatic carbocycles. The van der Waals surface area contributed by atoms with Crippen LogP contribution in [0.4, 0.5) is 0 Å². The lowest BCUT2D eigenvalue weighted by atomic mass is 9.88. The van der Waals surface area contributed by atoms with Gasteiger partial charge in [0.2, 0.25) is 5.91 Å². The number of nitrogens with zero attached hydrogens (tertiary/aromatic N) is 2. The Morgan fingerprint density at radius 2 is 1.81 bits per heavy atom. The summed E-state index contributed by atoms with van der Waals surface area (Å²) in [5.41, 5.74) is 0.298. The largest absolute Gasteiger partial charge is 0.497 e. The van der Waals surface area contributed by atoms with Crippen LogP contribution in [0.2, 0.25) is 0 Å². The first kappa shape index (κ1) is 19.4. The molecule has 1 fully saturated rings. The molecule has 2 aliphatic rings. The fraction of sp³-hybridized carbons (Fsp3) is 0.571. The van der Waals surface area contributed by atoms with E-state index in [2.05, 4.69) is 5.32 Å². The molecule has 1 saturated carbocycles. The van der Waals surface area contributed by atoms with E-state index in [1.54, 1.807) is 12.0 Å². The first-order valence-electron chi connectivity index (χ1n) is 9.61. The third kappa shape index (κ3) is 4.15. The number of hydrogen-bond acceptors (Lipinski definition) is 4. The Kier molecular flexibility index (Phi) is 5.27. The van der Waals surface area contributed by atoms with E-state index in [9.17, 15) is 9.59 Å². The van der Waals surface area contributed by atoms with Crippen molar-refractivity contribution in [1.29, 1.82) is 0 Å².